The van der Waals surface area contributed by atoms with Crippen LogP contribution in [-0.4, -0.2) is 9.97 Å². The molecule has 2 nitrogen and oxygen atoms in total. The number of rotatable bonds is 1. The molecule has 0 aliphatic rings. The number of imidazole rings is 1. The summed E-state index contributed by atoms with van der Waals surface area (Å²) < 4.78 is 1.71. The number of hydrogen-bond acceptors (Lipinski definition) is 1. The predicted octanol–water partition coefficient (Wildman–Crippen LogP) is 3.50. The number of nitrogens with one attached hydrogen (secondary N) is 2. The predicted molar refractivity (Wildman–Crippen MR) is 59.1 cm³/mol. The van der Waals surface area contributed by atoms with Crippen molar-refractivity contribution in [2.75, 3.05) is 0 Å². The maximum atomic E-state index is 4.94. The molecule has 0 fully saturated rings. The van der Waals surface area contributed by atoms with Gasteiger partial charge in [0.1, 0.15) is 0 Å². The molecule has 0 amide bonds. The van der Waals surface area contributed by atoms with E-state index in [1.54, 1.807) is 0 Å². The van der Waals surface area contributed by atoms with Crippen molar-refractivity contribution in [1.82, 2.24) is 9.97 Å². The van der Waals surface area contributed by atoms with E-state index in [0.29, 0.717) is 4.77 Å². The fourth-order valence-corrected chi connectivity index (χ4v) is 1.71. The number of aromatic amines is 2. The van der Waals surface area contributed by atoms with E-state index in [2.05, 4.69) is 25.9 Å². The molecule has 66 valence electrons. The van der Waals surface area contributed by atoms with E-state index in [4.69, 9.17) is 12.2 Å². The Morgan fingerprint density at radius 1 is 1.31 bits per heavy atom. The van der Waals surface area contributed by atoms with Crippen LogP contribution in [0.1, 0.15) is 0 Å². The Balaban J connectivity index is 2.52. The molecule has 0 saturated heterocycles. The highest BCUT2D eigenvalue weighted by atomic mass is 79.9. The molecule has 1 heterocycles. The van der Waals surface area contributed by atoms with Crippen LogP contribution in [0.5, 0.6) is 0 Å². The smallest absolute Gasteiger partial charge is 0.174 e. The van der Waals surface area contributed by atoms with Gasteiger partial charge in [0.25, 0.3) is 0 Å². The molecule has 0 atom stereocenters. The van der Waals surface area contributed by atoms with E-state index in [1.165, 1.54) is 0 Å². The second-order valence-electron chi connectivity index (χ2n) is 2.67. The van der Waals surface area contributed by atoms with Crippen LogP contribution in [0.25, 0.3) is 11.3 Å². The standard InChI is InChI=1S/C9H7BrN2S/c10-7-3-1-2-6(4-7)8-5-11-9(13)12-8/h1-5H,(H2,11,12,13). The van der Waals surface area contributed by atoms with Gasteiger partial charge in [-0.15, -0.1) is 0 Å². The van der Waals surface area contributed by atoms with Gasteiger partial charge < -0.3 is 9.97 Å². The minimum Gasteiger partial charge on any atom is -0.337 e. The number of H-pyrrole nitrogens is 2. The molecule has 2 N–H and O–H groups in total. The molecule has 1 aromatic heterocycles. The van der Waals surface area contributed by atoms with Gasteiger partial charge in [-0.05, 0) is 24.4 Å². The molecule has 0 spiro atoms. The Labute approximate surface area is 89.1 Å². The van der Waals surface area contributed by atoms with Crippen LogP contribution < -0.4 is 0 Å². The lowest BCUT2D eigenvalue weighted by molar-refractivity contribution is 1.27. The first-order chi connectivity index (χ1) is 6.25. The molecule has 0 aliphatic heterocycles. The summed E-state index contributed by atoms with van der Waals surface area (Å²) in [5.74, 6) is 0. The van der Waals surface area contributed by atoms with Gasteiger partial charge in [-0.2, -0.15) is 0 Å². The Morgan fingerprint density at radius 3 is 2.77 bits per heavy atom. The van der Waals surface area contributed by atoms with Crippen LogP contribution in [0.2, 0.25) is 0 Å². The quantitative estimate of drug-likeness (QED) is 0.751. The highest BCUT2D eigenvalue weighted by Crippen LogP contribution is 2.20. The third-order valence-corrected chi connectivity index (χ3v) is 2.44. The van der Waals surface area contributed by atoms with Gasteiger partial charge in [0.15, 0.2) is 4.77 Å². The number of hydrogen-bond donors (Lipinski definition) is 2. The summed E-state index contributed by atoms with van der Waals surface area (Å²) in [5.41, 5.74) is 2.12. The summed E-state index contributed by atoms with van der Waals surface area (Å²) in [6, 6.07) is 8.04. The molecule has 0 unspecified atom stereocenters. The van der Waals surface area contributed by atoms with Crippen molar-refractivity contribution in [2.45, 2.75) is 0 Å². The fourth-order valence-electron chi connectivity index (χ4n) is 1.14. The Bertz CT molecular complexity index is 472. The lowest BCUT2D eigenvalue weighted by Crippen LogP contribution is -1.76. The minimum atomic E-state index is 0.648. The third kappa shape index (κ3) is 1.89. The molecule has 2 aromatic rings. The first kappa shape index (κ1) is 8.72. The second kappa shape index (κ2) is 3.47. The Hall–Kier alpha value is -0.870. The van der Waals surface area contributed by atoms with Crippen LogP contribution in [-0.2, 0) is 0 Å². The molecule has 1 aromatic carbocycles. The summed E-state index contributed by atoms with van der Waals surface area (Å²) in [5, 5.41) is 0. The lowest BCUT2D eigenvalue weighted by atomic mass is 10.2. The average Bonchev–Trinajstić information content (AvgIpc) is 2.52. The molecule has 13 heavy (non-hydrogen) atoms. The monoisotopic (exact) mass is 254 g/mol. The first-order valence-electron chi connectivity index (χ1n) is 3.79. The highest BCUT2D eigenvalue weighted by Gasteiger charge is 1.98. The minimum absolute atomic E-state index is 0.648. The van der Waals surface area contributed by atoms with Crippen molar-refractivity contribution in [3.63, 3.8) is 0 Å². The van der Waals surface area contributed by atoms with Crippen molar-refractivity contribution in [2.24, 2.45) is 0 Å². The molecule has 4 heteroatoms. The maximum Gasteiger partial charge on any atom is 0.174 e. The highest BCUT2D eigenvalue weighted by molar-refractivity contribution is 9.10. The molecule has 0 aliphatic carbocycles. The van der Waals surface area contributed by atoms with Crippen molar-refractivity contribution in [3.05, 3.63) is 39.7 Å². The van der Waals surface area contributed by atoms with Gasteiger partial charge in [-0.25, -0.2) is 0 Å². The van der Waals surface area contributed by atoms with Gasteiger partial charge in [0, 0.05) is 16.2 Å². The van der Waals surface area contributed by atoms with Crippen molar-refractivity contribution in [3.8, 4) is 11.3 Å². The van der Waals surface area contributed by atoms with E-state index in [-0.39, 0.29) is 0 Å². The summed E-state index contributed by atoms with van der Waals surface area (Å²) in [4.78, 5) is 5.99. The zero-order chi connectivity index (χ0) is 9.26. The SMILES string of the molecule is S=c1[nH]cc(-c2cccc(Br)c2)[nH]1. The van der Waals surface area contributed by atoms with Crippen molar-refractivity contribution in [1.29, 1.82) is 0 Å². The second-order valence-corrected chi connectivity index (χ2v) is 3.99. The largest absolute Gasteiger partial charge is 0.337 e. The van der Waals surface area contributed by atoms with Crippen LogP contribution in [0, 0.1) is 4.77 Å². The van der Waals surface area contributed by atoms with Crippen molar-refractivity contribution < 1.29 is 0 Å². The molecule has 2 rings (SSSR count). The first-order valence-corrected chi connectivity index (χ1v) is 4.99. The molecule has 0 radical (unpaired) electrons. The summed E-state index contributed by atoms with van der Waals surface area (Å²) >= 11 is 8.36. The van der Waals surface area contributed by atoms with Gasteiger partial charge in [0.2, 0.25) is 0 Å². The van der Waals surface area contributed by atoms with Crippen LogP contribution >= 0.6 is 28.1 Å². The van der Waals surface area contributed by atoms with Crippen LogP contribution in [0.15, 0.2) is 34.9 Å². The normalized spacial score (nSPS) is 10.2. The number of halogens is 1. The number of benzene rings is 1. The molecule has 0 bridgehead atoms. The summed E-state index contributed by atoms with van der Waals surface area (Å²) in [6.45, 7) is 0. The van der Waals surface area contributed by atoms with E-state index in [0.717, 1.165) is 15.7 Å². The topological polar surface area (TPSA) is 31.6 Å². The Morgan fingerprint density at radius 2 is 2.15 bits per heavy atom. The summed E-state index contributed by atoms with van der Waals surface area (Å²) in [7, 11) is 0. The van der Waals surface area contributed by atoms with Gasteiger partial charge in [0.05, 0.1) is 5.69 Å². The summed E-state index contributed by atoms with van der Waals surface area (Å²) in [6.07, 6.45) is 1.87. The molecular formula is C9H7BrN2S. The average molecular weight is 255 g/mol. The van der Waals surface area contributed by atoms with E-state index in [1.807, 2.05) is 30.5 Å². The Kier molecular flexibility index (Phi) is 2.33. The van der Waals surface area contributed by atoms with Crippen molar-refractivity contribution >= 4 is 28.1 Å². The van der Waals surface area contributed by atoms with Gasteiger partial charge in [-0.3, -0.25) is 0 Å². The van der Waals surface area contributed by atoms with Gasteiger partial charge in [-0.1, -0.05) is 28.1 Å². The molecule has 0 saturated carbocycles. The maximum absolute atomic E-state index is 4.94. The molecular weight excluding hydrogens is 248 g/mol. The lowest BCUT2D eigenvalue weighted by Gasteiger charge is -1.96. The van der Waals surface area contributed by atoms with Gasteiger partial charge >= 0.3 is 0 Å². The van der Waals surface area contributed by atoms with E-state index < -0.39 is 0 Å². The third-order valence-electron chi connectivity index (χ3n) is 1.73. The zero-order valence-electron chi connectivity index (χ0n) is 6.67. The van der Waals surface area contributed by atoms with E-state index >= 15 is 0 Å². The zero-order valence-corrected chi connectivity index (χ0v) is 9.08. The van der Waals surface area contributed by atoms with E-state index in [9.17, 15) is 0 Å². The number of aromatic nitrogens is 2. The fraction of sp³-hybridized carbons (Fsp3) is 0. The van der Waals surface area contributed by atoms with Crippen LogP contribution in [0.4, 0.5) is 0 Å². The van der Waals surface area contributed by atoms with Crippen LogP contribution in [0.3, 0.4) is 0 Å².